The zero-order chi connectivity index (χ0) is 17.1. The highest BCUT2D eigenvalue weighted by Crippen LogP contribution is 2.32. The summed E-state index contributed by atoms with van der Waals surface area (Å²) in [5.41, 5.74) is 0.647. The standard InChI is InChI=1S/C18H19N3O4/c22-17(19-13-5-6-14-15(10-13)24-8-7-23-14)11-16-20-18(25-21-16)9-12-3-1-2-4-12/h1,3,5-6,10,12H,2,4,7-9,11H2,(H,19,22). The lowest BCUT2D eigenvalue weighted by Gasteiger charge is -2.18. The lowest BCUT2D eigenvalue weighted by molar-refractivity contribution is -0.115. The summed E-state index contributed by atoms with van der Waals surface area (Å²) in [4.78, 5) is 16.5. The Balaban J connectivity index is 1.34. The topological polar surface area (TPSA) is 86.5 Å². The number of allylic oxidation sites excluding steroid dienone is 2. The summed E-state index contributed by atoms with van der Waals surface area (Å²) in [5.74, 6) is 2.55. The van der Waals surface area contributed by atoms with Gasteiger partial charge >= 0.3 is 0 Å². The molecule has 0 saturated heterocycles. The van der Waals surface area contributed by atoms with Crippen molar-refractivity contribution in [2.45, 2.75) is 25.7 Å². The largest absolute Gasteiger partial charge is 0.486 e. The van der Waals surface area contributed by atoms with Crippen molar-refractivity contribution in [3.63, 3.8) is 0 Å². The molecule has 7 nitrogen and oxygen atoms in total. The van der Waals surface area contributed by atoms with Crippen LogP contribution in [0.1, 0.15) is 24.6 Å². The molecule has 0 bridgehead atoms. The summed E-state index contributed by atoms with van der Waals surface area (Å²) >= 11 is 0. The minimum atomic E-state index is -0.204. The smallest absolute Gasteiger partial charge is 0.232 e. The molecular formula is C18H19N3O4. The van der Waals surface area contributed by atoms with E-state index in [1.54, 1.807) is 18.2 Å². The van der Waals surface area contributed by atoms with Crippen molar-refractivity contribution in [1.29, 1.82) is 0 Å². The Bertz CT molecular complexity index is 799. The van der Waals surface area contributed by atoms with Gasteiger partial charge in [0.05, 0.1) is 6.42 Å². The fraction of sp³-hybridized carbons (Fsp3) is 0.389. The van der Waals surface area contributed by atoms with E-state index in [9.17, 15) is 4.79 Å². The number of hydrogen-bond donors (Lipinski definition) is 1. The molecule has 2 heterocycles. The predicted molar refractivity (Wildman–Crippen MR) is 89.6 cm³/mol. The maximum atomic E-state index is 12.2. The van der Waals surface area contributed by atoms with Gasteiger partial charge in [-0.15, -0.1) is 0 Å². The first-order chi connectivity index (χ1) is 12.3. The van der Waals surface area contributed by atoms with E-state index in [0.717, 1.165) is 19.3 Å². The maximum absolute atomic E-state index is 12.2. The van der Waals surface area contributed by atoms with Gasteiger partial charge in [0.2, 0.25) is 11.8 Å². The van der Waals surface area contributed by atoms with Crippen LogP contribution in [0.25, 0.3) is 0 Å². The van der Waals surface area contributed by atoms with Crippen LogP contribution < -0.4 is 14.8 Å². The number of nitrogens with zero attached hydrogens (tertiary/aromatic N) is 2. The van der Waals surface area contributed by atoms with E-state index < -0.39 is 0 Å². The van der Waals surface area contributed by atoms with Crippen LogP contribution in [0.4, 0.5) is 5.69 Å². The van der Waals surface area contributed by atoms with Crippen LogP contribution in [-0.2, 0) is 17.6 Å². The molecule has 1 aromatic heterocycles. The molecule has 25 heavy (non-hydrogen) atoms. The van der Waals surface area contributed by atoms with Crippen molar-refractivity contribution in [1.82, 2.24) is 10.1 Å². The van der Waals surface area contributed by atoms with Crippen LogP contribution in [0, 0.1) is 5.92 Å². The first-order valence-corrected chi connectivity index (χ1v) is 8.44. The van der Waals surface area contributed by atoms with Crippen molar-refractivity contribution in [3.8, 4) is 11.5 Å². The Morgan fingerprint density at radius 3 is 2.96 bits per heavy atom. The first kappa shape index (κ1) is 15.7. The third kappa shape index (κ3) is 3.81. The van der Waals surface area contributed by atoms with Gasteiger partial charge in [-0.3, -0.25) is 4.79 Å². The minimum absolute atomic E-state index is 0.0679. The quantitative estimate of drug-likeness (QED) is 0.841. The number of aromatic nitrogens is 2. The molecule has 0 saturated carbocycles. The summed E-state index contributed by atoms with van der Waals surface area (Å²) in [5, 5.41) is 6.71. The Hall–Kier alpha value is -2.83. The molecule has 1 atom stereocenters. The molecule has 0 fully saturated rings. The van der Waals surface area contributed by atoms with Crippen molar-refractivity contribution in [3.05, 3.63) is 42.1 Å². The monoisotopic (exact) mass is 341 g/mol. The van der Waals surface area contributed by atoms with E-state index in [-0.39, 0.29) is 12.3 Å². The lowest BCUT2D eigenvalue weighted by atomic mass is 10.1. The molecule has 7 heteroatoms. The number of ether oxygens (including phenoxy) is 2. The fourth-order valence-corrected chi connectivity index (χ4v) is 3.00. The summed E-state index contributed by atoms with van der Waals surface area (Å²) in [6, 6.07) is 5.31. The number of amides is 1. The summed E-state index contributed by atoms with van der Waals surface area (Å²) in [7, 11) is 0. The number of benzene rings is 1. The number of hydrogen-bond acceptors (Lipinski definition) is 6. The predicted octanol–water partition coefficient (Wildman–Crippen LogP) is 2.53. The maximum Gasteiger partial charge on any atom is 0.232 e. The molecule has 1 aromatic carbocycles. The van der Waals surface area contributed by atoms with Gasteiger partial charge in [-0.05, 0) is 30.9 Å². The average Bonchev–Trinajstić information content (AvgIpc) is 3.27. The fourth-order valence-electron chi connectivity index (χ4n) is 3.00. The molecule has 1 unspecified atom stereocenters. The molecule has 0 spiro atoms. The second-order valence-electron chi connectivity index (χ2n) is 6.16. The van der Waals surface area contributed by atoms with Crippen molar-refractivity contribution in [2.24, 2.45) is 5.92 Å². The number of fused-ring (bicyclic) bond motifs is 1. The Morgan fingerprint density at radius 2 is 2.12 bits per heavy atom. The van der Waals surface area contributed by atoms with Crippen LogP contribution in [0.2, 0.25) is 0 Å². The van der Waals surface area contributed by atoms with E-state index in [1.165, 1.54) is 0 Å². The van der Waals surface area contributed by atoms with Gasteiger partial charge in [0, 0.05) is 18.2 Å². The molecule has 1 amide bonds. The van der Waals surface area contributed by atoms with Crippen LogP contribution >= 0.6 is 0 Å². The second kappa shape index (κ2) is 6.96. The van der Waals surface area contributed by atoms with Gasteiger partial charge in [-0.25, -0.2) is 0 Å². The molecule has 130 valence electrons. The van der Waals surface area contributed by atoms with Gasteiger partial charge in [0.25, 0.3) is 0 Å². The highest BCUT2D eigenvalue weighted by atomic mass is 16.6. The Kier molecular flexibility index (Phi) is 4.37. The van der Waals surface area contributed by atoms with Gasteiger partial charge in [-0.1, -0.05) is 17.3 Å². The zero-order valence-corrected chi connectivity index (χ0v) is 13.7. The lowest BCUT2D eigenvalue weighted by Crippen LogP contribution is -2.17. The second-order valence-corrected chi connectivity index (χ2v) is 6.16. The Labute approximate surface area is 145 Å². The minimum Gasteiger partial charge on any atom is -0.486 e. The van der Waals surface area contributed by atoms with E-state index in [1.807, 2.05) is 0 Å². The molecule has 0 radical (unpaired) electrons. The molecule has 2 aliphatic rings. The summed E-state index contributed by atoms with van der Waals surface area (Å²) in [6.07, 6.45) is 7.36. The van der Waals surface area contributed by atoms with E-state index in [4.69, 9.17) is 14.0 Å². The molecule has 2 aromatic rings. The van der Waals surface area contributed by atoms with Crippen molar-refractivity contribution < 1.29 is 18.8 Å². The van der Waals surface area contributed by atoms with Crippen LogP contribution in [0.3, 0.4) is 0 Å². The summed E-state index contributed by atoms with van der Waals surface area (Å²) in [6.45, 7) is 1.04. The van der Waals surface area contributed by atoms with Crippen molar-refractivity contribution >= 4 is 11.6 Å². The normalized spacial score (nSPS) is 18.3. The van der Waals surface area contributed by atoms with Crippen LogP contribution in [0.5, 0.6) is 11.5 Å². The summed E-state index contributed by atoms with van der Waals surface area (Å²) < 4.78 is 16.2. The number of nitrogens with one attached hydrogen (secondary N) is 1. The van der Waals surface area contributed by atoms with Crippen LogP contribution in [0.15, 0.2) is 34.9 Å². The first-order valence-electron chi connectivity index (χ1n) is 8.44. The van der Waals surface area contributed by atoms with E-state index in [2.05, 4.69) is 27.6 Å². The average molecular weight is 341 g/mol. The molecule has 4 rings (SSSR count). The highest BCUT2D eigenvalue weighted by molar-refractivity contribution is 5.92. The Morgan fingerprint density at radius 1 is 1.24 bits per heavy atom. The zero-order valence-electron chi connectivity index (χ0n) is 13.7. The number of rotatable bonds is 5. The van der Waals surface area contributed by atoms with Crippen molar-refractivity contribution in [2.75, 3.05) is 18.5 Å². The van der Waals surface area contributed by atoms with Gasteiger partial charge in [-0.2, -0.15) is 4.98 Å². The van der Waals surface area contributed by atoms with Crippen LogP contribution in [-0.4, -0.2) is 29.3 Å². The third-order valence-corrected chi connectivity index (χ3v) is 4.20. The highest BCUT2D eigenvalue weighted by Gasteiger charge is 2.17. The SMILES string of the molecule is O=C(Cc1noc(CC2C=CCC2)n1)Nc1ccc2c(c1)OCCO2. The molecule has 1 N–H and O–H groups in total. The third-order valence-electron chi connectivity index (χ3n) is 4.20. The molecule has 1 aliphatic carbocycles. The number of anilines is 1. The van der Waals surface area contributed by atoms with Gasteiger partial charge in [0.1, 0.15) is 13.2 Å². The van der Waals surface area contributed by atoms with Gasteiger partial charge in [0.15, 0.2) is 17.3 Å². The van der Waals surface area contributed by atoms with E-state index >= 15 is 0 Å². The van der Waals surface area contributed by atoms with Gasteiger partial charge < -0.3 is 19.3 Å². The number of carbonyl (C=O) groups is 1. The van der Waals surface area contributed by atoms with E-state index in [0.29, 0.717) is 48.0 Å². The molecule has 1 aliphatic heterocycles. The molecular weight excluding hydrogens is 322 g/mol. The number of carbonyl (C=O) groups excluding carboxylic acids is 1.